The Morgan fingerprint density at radius 1 is 1.32 bits per heavy atom. The molecule has 128 valence electrons. The Morgan fingerprint density at radius 2 is 2.12 bits per heavy atom. The van der Waals surface area contributed by atoms with Gasteiger partial charge in [0.25, 0.3) is 0 Å². The summed E-state index contributed by atoms with van der Waals surface area (Å²) in [7, 11) is 1.78. The minimum atomic E-state index is -0.115. The van der Waals surface area contributed by atoms with Crippen molar-refractivity contribution < 1.29 is 13.9 Å². The molecule has 0 saturated carbocycles. The zero-order valence-electron chi connectivity index (χ0n) is 13.9. The molecule has 5 nitrogen and oxygen atoms in total. The summed E-state index contributed by atoms with van der Waals surface area (Å²) in [5, 5.41) is 4.71. The zero-order valence-corrected chi connectivity index (χ0v) is 14.7. The number of aromatic nitrogens is 2. The highest BCUT2D eigenvalue weighted by Gasteiger charge is 2.10. The van der Waals surface area contributed by atoms with Crippen LogP contribution in [0.25, 0.3) is 6.08 Å². The normalized spacial score (nSPS) is 11.2. The van der Waals surface area contributed by atoms with Crippen LogP contribution in [-0.2, 0) is 13.7 Å². The van der Waals surface area contributed by atoms with Crippen LogP contribution < -0.4 is 4.74 Å². The van der Waals surface area contributed by atoms with E-state index in [1.165, 1.54) is 6.08 Å². The van der Waals surface area contributed by atoms with Crippen LogP contribution in [0, 0.1) is 6.92 Å². The number of allylic oxidation sites excluding steroid dienone is 1. The van der Waals surface area contributed by atoms with E-state index in [1.54, 1.807) is 55.2 Å². The quantitative estimate of drug-likeness (QED) is 0.483. The molecule has 2 aromatic heterocycles. The summed E-state index contributed by atoms with van der Waals surface area (Å²) in [6, 6.07) is 10.8. The second-order valence-electron chi connectivity index (χ2n) is 5.52. The number of hydrogen-bond donors (Lipinski definition) is 0. The van der Waals surface area contributed by atoms with E-state index in [-0.39, 0.29) is 12.4 Å². The molecular weight excluding hydrogens is 340 g/mol. The van der Waals surface area contributed by atoms with E-state index in [1.807, 2.05) is 12.1 Å². The summed E-state index contributed by atoms with van der Waals surface area (Å²) in [5.41, 5.74) is 1.28. The Labute approximate surface area is 150 Å². The van der Waals surface area contributed by atoms with Gasteiger partial charge in [-0.1, -0.05) is 23.7 Å². The standard InChI is InChI=1S/C19H17ClN2O3/c1-13-16(11-22(2)21-13)18(23)10-9-14-7-8-15(25-14)12-24-19-6-4-3-5-17(19)20/h3-11H,12H2,1-2H3/b10-9-. The summed E-state index contributed by atoms with van der Waals surface area (Å²) in [6.07, 6.45) is 4.81. The molecule has 6 heteroatoms. The molecule has 3 aromatic rings. The van der Waals surface area contributed by atoms with Crippen molar-refractivity contribution in [1.82, 2.24) is 9.78 Å². The molecule has 25 heavy (non-hydrogen) atoms. The molecule has 0 saturated heterocycles. The highest BCUT2D eigenvalue weighted by Crippen LogP contribution is 2.24. The number of para-hydroxylation sites is 1. The van der Waals surface area contributed by atoms with Gasteiger partial charge in [-0.15, -0.1) is 0 Å². The predicted molar refractivity (Wildman–Crippen MR) is 95.8 cm³/mol. The smallest absolute Gasteiger partial charge is 0.189 e. The number of benzene rings is 1. The van der Waals surface area contributed by atoms with Crippen molar-refractivity contribution in [2.75, 3.05) is 0 Å². The lowest BCUT2D eigenvalue weighted by Gasteiger charge is -2.05. The van der Waals surface area contributed by atoms with Crippen LogP contribution in [0.4, 0.5) is 0 Å². The van der Waals surface area contributed by atoms with Gasteiger partial charge in [0.05, 0.1) is 16.3 Å². The van der Waals surface area contributed by atoms with E-state index in [0.717, 1.165) is 0 Å². The van der Waals surface area contributed by atoms with Gasteiger partial charge in [-0.3, -0.25) is 9.48 Å². The fraction of sp³-hybridized carbons (Fsp3) is 0.158. The molecule has 0 fully saturated rings. The monoisotopic (exact) mass is 356 g/mol. The van der Waals surface area contributed by atoms with Gasteiger partial charge in [0.1, 0.15) is 23.9 Å². The van der Waals surface area contributed by atoms with Gasteiger partial charge < -0.3 is 9.15 Å². The van der Waals surface area contributed by atoms with Crippen LogP contribution in [0.15, 0.2) is 53.1 Å². The van der Waals surface area contributed by atoms with Crippen molar-refractivity contribution in [2.24, 2.45) is 7.05 Å². The Balaban J connectivity index is 1.62. The molecule has 0 bridgehead atoms. The topological polar surface area (TPSA) is 57.3 Å². The van der Waals surface area contributed by atoms with Gasteiger partial charge in [0.2, 0.25) is 0 Å². The molecule has 0 aliphatic rings. The van der Waals surface area contributed by atoms with Gasteiger partial charge >= 0.3 is 0 Å². The lowest BCUT2D eigenvalue weighted by atomic mass is 10.1. The van der Waals surface area contributed by atoms with E-state index in [0.29, 0.717) is 33.6 Å². The van der Waals surface area contributed by atoms with E-state index in [4.69, 9.17) is 20.8 Å². The largest absolute Gasteiger partial charge is 0.484 e. The molecule has 0 unspecified atom stereocenters. The Bertz CT molecular complexity index is 924. The number of ketones is 1. The maximum absolute atomic E-state index is 12.2. The zero-order chi connectivity index (χ0) is 17.8. The van der Waals surface area contributed by atoms with Crippen LogP contribution in [0.3, 0.4) is 0 Å². The van der Waals surface area contributed by atoms with Crippen molar-refractivity contribution in [3.8, 4) is 5.75 Å². The fourth-order valence-corrected chi connectivity index (χ4v) is 2.55. The molecule has 1 aromatic carbocycles. The van der Waals surface area contributed by atoms with Crippen LogP contribution in [0.2, 0.25) is 5.02 Å². The first-order valence-electron chi connectivity index (χ1n) is 7.71. The fourth-order valence-electron chi connectivity index (χ4n) is 2.36. The first-order valence-corrected chi connectivity index (χ1v) is 8.09. The lowest BCUT2D eigenvalue weighted by molar-refractivity contribution is 0.104. The average molecular weight is 357 g/mol. The summed E-state index contributed by atoms with van der Waals surface area (Å²) < 4.78 is 12.9. The molecule has 0 N–H and O–H groups in total. The number of ether oxygens (including phenoxy) is 1. The number of halogens is 1. The van der Waals surface area contributed by atoms with Crippen LogP contribution in [0.1, 0.15) is 27.6 Å². The molecule has 0 amide bonds. The number of furan rings is 1. The number of carbonyl (C=O) groups is 1. The van der Waals surface area contributed by atoms with Crippen molar-refractivity contribution in [3.05, 3.63) is 76.5 Å². The van der Waals surface area contributed by atoms with Gasteiger partial charge in [0.15, 0.2) is 5.78 Å². The summed E-state index contributed by atoms with van der Waals surface area (Å²) >= 11 is 6.04. The molecule has 0 radical (unpaired) electrons. The van der Waals surface area contributed by atoms with E-state index in [9.17, 15) is 4.79 Å². The number of nitrogens with zero attached hydrogens (tertiary/aromatic N) is 2. The van der Waals surface area contributed by atoms with Gasteiger partial charge in [0, 0.05) is 13.2 Å². The third-order valence-corrected chi connectivity index (χ3v) is 3.88. The third-order valence-electron chi connectivity index (χ3n) is 3.57. The highest BCUT2D eigenvalue weighted by atomic mass is 35.5. The molecule has 0 aliphatic heterocycles. The second kappa shape index (κ2) is 7.40. The summed E-state index contributed by atoms with van der Waals surface area (Å²) in [5.74, 6) is 1.70. The SMILES string of the molecule is Cc1nn(C)cc1C(=O)/C=C\c1ccc(COc2ccccc2Cl)o1. The van der Waals surface area contributed by atoms with Crippen LogP contribution >= 0.6 is 11.6 Å². The molecule has 2 heterocycles. The van der Waals surface area contributed by atoms with E-state index < -0.39 is 0 Å². The minimum absolute atomic E-state index is 0.115. The van der Waals surface area contributed by atoms with Gasteiger partial charge in [-0.05, 0) is 43.3 Å². The van der Waals surface area contributed by atoms with Crippen molar-refractivity contribution >= 4 is 23.5 Å². The molecule has 3 rings (SSSR count). The second-order valence-corrected chi connectivity index (χ2v) is 5.93. The van der Waals surface area contributed by atoms with Crippen LogP contribution in [-0.4, -0.2) is 15.6 Å². The molecule has 0 atom stereocenters. The maximum atomic E-state index is 12.2. The van der Waals surface area contributed by atoms with Gasteiger partial charge in [-0.2, -0.15) is 5.10 Å². The number of hydrogen-bond acceptors (Lipinski definition) is 4. The Kier molecular flexibility index (Phi) is 5.05. The molecule has 0 spiro atoms. The maximum Gasteiger partial charge on any atom is 0.189 e. The number of rotatable bonds is 6. The van der Waals surface area contributed by atoms with E-state index >= 15 is 0 Å². The van der Waals surface area contributed by atoms with Gasteiger partial charge in [-0.25, -0.2) is 0 Å². The lowest BCUT2D eigenvalue weighted by Crippen LogP contribution is -1.94. The Hall–Kier alpha value is -2.79. The third kappa shape index (κ3) is 4.19. The number of aryl methyl sites for hydroxylation is 2. The van der Waals surface area contributed by atoms with Crippen molar-refractivity contribution in [1.29, 1.82) is 0 Å². The van der Waals surface area contributed by atoms with E-state index in [2.05, 4.69) is 5.10 Å². The van der Waals surface area contributed by atoms with Crippen molar-refractivity contribution in [2.45, 2.75) is 13.5 Å². The predicted octanol–water partition coefficient (Wildman–Crippen LogP) is 4.45. The molecule has 0 aliphatic carbocycles. The summed E-state index contributed by atoms with van der Waals surface area (Å²) in [4.78, 5) is 12.2. The number of carbonyl (C=O) groups excluding carboxylic acids is 1. The van der Waals surface area contributed by atoms with Crippen molar-refractivity contribution in [3.63, 3.8) is 0 Å². The highest BCUT2D eigenvalue weighted by molar-refractivity contribution is 6.32. The first kappa shape index (κ1) is 17.0. The Morgan fingerprint density at radius 3 is 2.84 bits per heavy atom. The molecular formula is C19H17ClN2O3. The summed E-state index contributed by atoms with van der Waals surface area (Å²) in [6.45, 7) is 2.06. The first-order chi connectivity index (χ1) is 12.0. The minimum Gasteiger partial charge on any atom is -0.484 e. The average Bonchev–Trinajstić information content (AvgIpc) is 3.18. The van der Waals surface area contributed by atoms with Crippen LogP contribution in [0.5, 0.6) is 5.75 Å².